The first kappa shape index (κ1) is 26.7. The molecule has 0 fully saturated rings. The summed E-state index contributed by atoms with van der Waals surface area (Å²) < 4.78 is 21.6. The highest BCUT2D eigenvalue weighted by atomic mass is 19.1. The van der Waals surface area contributed by atoms with Gasteiger partial charge in [-0.1, -0.05) is 52.0 Å². The molecule has 3 rings (SSSR count). The molecule has 190 valence electrons. The van der Waals surface area contributed by atoms with Crippen molar-refractivity contribution in [3.8, 4) is 11.4 Å². The number of hydrogen-bond acceptors (Lipinski definition) is 5. The Kier molecular flexibility index (Phi) is 8.32. The number of aryl methyl sites for hydroxylation is 1. The molecule has 0 atom stereocenters. The van der Waals surface area contributed by atoms with Gasteiger partial charge in [0, 0.05) is 23.5 Å². The van der Waals surface area contributed by atoms with E-state index in [1.54, 1.807) is 54.9 Å². The fourth-order valence-corrected chi connectivity index (χ4v) is 3.70. The summed E-state index contributed by atoms with van der Waals surface area (Å²) in [5.41, 5.74) is 5.60. The lowest BCUT2D eigenvalue weighted by atomic mass is 9.87. The van der Waals surface area contributed by atoms with E-state index in [1.165, 1.54) is 17.9 Å². The van der Waals surface area contributed by atoms with Crippen molar-refractivity contribution in [2.75, 3.05) is 12.3 Å². The van der Waals surface area contributed by atoms with Crippen LogP contribution in [0.15, 0.2) is 66.5 Å². The van der Waals surface area contributed by atoms with Crippen LogP contribution in [0.3, 0.4) is 0 Å². The number of aromatic nitrogens is 2. The molecule has 0 saturated heterocycles. The summed E-state index contributed by atoms with van der Waals surface area (Å²) >= 11 is 0. The number of amides is 1. The van der Waals surface area contributed by atoms with Crippen molar-refractivity contribution >= 4 is 17.7 Å². The number of nitrogens with zero attached hydrogens (tertiary/aromatic N) is 3. The minimum atomic E-state index is -0.534. The van der Waals surface area contributed by atoms with E-state index in [4.69, 9.17) is 4.74 Å². The molecule has 3 aromatic rings. The third-order valence-electron chi connectivity index (χ3n) is 5.72. The Morgan fingerprint density at radius 2 is 2.03 bits per heavy atom. The lowest BCUT2D eigenvalue weighted by molar-refractivity contribution is -0.118. The second-order valence-electron chi connectivity index (χ2n) is 9.37. The molecular formula is C28H33FN4O3. The second-order valence-corrected chi connectivity index (χ2v) is 9.37. The summed E-state index contributed by atoms with van der Waals surface area (Å²) in [7, 11) is 1.49. The number of allylic oxidation sites excluding steroid dienone is 1. The second kappa shape index (κ2) is 11.2. The van der Waals surface area contributed by atoms with Crippen molar-refractivity contribution < 1.29 is 19.1 Å². The van der Waals surface area contributed by atoms with E-state index in [-0.39, 0.29) is 5.41 Å². The molecule has 0 aliphatic rings. The van der Waals surface area contributed by atoms with Crippen LogP contribution >= 0.6 is 0 Å². The first-order valence-corrected chi connectivity index (χ1v) is 11.7. The molecule has 0 aliphatic heterocycles. The molecule has 7 nitrogen and oxygen atoms in total. The van der Waals surface area contributed by atoms with Crippen molar-refractivity contribution in [1.29, 1.82) is 0 Å². The van der Waals surface area contributed by atoms with Crippen LogP contribution < -0.4 is 15.3 Å². The highest BCUT2D eigenvalue weighted by Gasteiger charge is 2.20. The van der Waals surface area contributed by atoms with Crippen LogP contribution in [0.1, 0.15) is 50.8 Å². The van der Waals surface area contributed by atoms with Crippen molar-refractivity contribution in [3.63, 3.8) is 0 Å². The minimum Gasteiger partial charge on any atom is -0.494 e. The molecule has 0 saturated carbocycles. The third kappa shape index (κ3) is 6.01. The van der Waals surface area contributed by atoms with Crippen LogP contribution in [0.25, 0.3) is 11.8 Å². The number of anilines is 1. The number of carbonyl (C=O) groups excluding carboxylic acids is 1. The van der Waals surface area contributed by atoms with Gasteiger partial charge in [-0.25, -0.2) is 14.5 Å². The zero-order valence-electron chi connectivity index (χ0n) is 21.5. The standard InChI is InChI=1S/C28H33FN4O3/c1-7-9-20(11-13-22-19(2)10-14-23(29)26(22)32-17-8-16-30-32)27(34)31-33(35)24-18-21(28(3,4)5)12-15-25(24)36-6/h8-18,35H,7H2,1-6H3,(H,31,34)/b13-11-,20-9-. The van der Waals surface area contributed by atoms with Gasteiger partial charge in [-0.3, -0.25) is 10.0 Å². The molecule has 2 aromatic carbocycles. The van der Waals surface area contributed by atoms with Crippen LogP contribution in [-0.2, 0) is 10.2 Å². The molecule has 0 radical (unpaired) electrons. The molecule has 0 unspecified atom stereocenters. The average Bonchev–Trinajstić information content (AvgIpc) is 3.36. The van der Waals surface area contributed by atoms with Crippen LogP contribution in [0.4, 0.5) is 10.1 Å². The molecule has 0 aliphatic carbocycles. The number of hydrogen-bond donors (Lipinski definition) is 2. The number of hydrazine groups is 1. The number of methoxy groups -OCH3 is 1. The van der Waals surface area contributed by atoms with Crippen LogP contribution in [0, 0.1) is 12.7 Å². The van der Waals surface area contributed by atoms with E-state index in [0.717, 1.165) is 11.1 Å². The summed E-state index contributed by atoms with van der Waals surface area (Å²) in [6, 6.07) is 10.2. The predicted molar refractivity (Wildman–Crippen MR) is 140 cm³/mol. The SMILES string of the molecule is CC/C=C(/C=C\c1c(C)ccc(F)c1-n1cccn1)C(=O)NN(O)c1cc(C(C)(C)C)ccc1OC. The van der Waals surface area contributed by atoms with E-state index < -0.39 is 11.7 Å². The van der Waals surface area contributed by atoms with Gasteiger partial charge in [0.15, 0.2) is 0 Å². The fraction of sp³-hybridized carbons (Fsp3) is 0.286. The third-order valence-corrected chi connectivity index (χ3v) is 5.72. The van der Waals surface area contributed by atoms with Crippen molar-refractivity contribution in [1.82, 2.24) is 15.2 Å². The van der Waals surface area contributed by atoms with Gasteiger partial charge in [0.05, 0.1) is 7.11 Å². The van der Waals surface area contributed by atoms with Gasteiger partial charge in [-0.15, -0.1) is 0 Å². The molecule has 8 heteroatoms. The number of ether oxygens (including phenoxy) is 1. The van der Waals surface area contributed by atoms with Crippen LogP contribution in [0.2, 0.25) is 0 Å². The summed E-state index contributed by atoms with van der Waals surface area (Å²) in [4.78, 5) is 13.1. The number of carbonyl (C=O) groups is 1. The van der Waals surface area contributed by atoms with Gasteiger partial charge < -0.3 is 4.74 Å². The highest BCUT2D eigenvalue weighted by Crippen LogP contribution is 2.33. The lowest BCUT2D eigenvalue weighted by Crippen LogP contribution is -2.40. The van der Waals surface area contributed by atoms with Gasteiger partial charge in [-0.2, -0.15) is 10.3 Å². The van der Waals surface area contributed by atoms with Gasteiger partial charge in [0.1, 0.15) is 22.9 Å². The summed E-state index contributed by atoms with van der Waals surface area (Å²) in [5, 5.41) is 15.6. The maximum Gasteiger partial charge on any atom is 0.271 e. The fourth-order valence-electron chi connectivity index (χ4n) is 3.70. The van der Waals surface area contributed by atoms with E-state index in [9.17, 15) is 14.4 Å². The zero-order valence-corrected chi connectivity index (χ0v) is 21.5. The Labute approximate surface area is 211 Å². The van der Waals surface area contributed by atoms with Gasteiger partial charge in [0.25, 0.3) is 5.91 Å². The van der Waals surface area contributed by atoms with E-state index >= 15 is 0 Å². The summed E-state index contributed by atoms with van der Waals surface area (Å²) in [6.07, 6.45) is 8.82. The molecule has 1 aromatic heterocycles. The summed E-state index contributed by atoms with van der Waals surface area (Å²) in [6.45, 7) is 9.92. The van der Waals surface area contributed by atoms with Crippen LogP contribution in [0.5, 0.6) is 5.75 Å². The Hall–Kier alpha value is -3.91. The first-order chi connectivity index (χ1) is 17.1. The first-order valence-electron chi connectivity index (χ1n) is 11.7. The van der Waals surface area contributed by atoms with Gasteiger partial charge >= 0.3 is 0 Å². The molecule has 0 bridgehead atoms. The molecule has 0 spiro atoms. The summed E-state index contributed by atoms with van der Waals surface area (Å²) in [5.74, 6) is -0.558. The number of halogens is 1. The smallest absolute Gasteiger partial charge is 0.271 e. The quantitative estimate of drug-likeness (QED) is 0.232. The van der Waals surface area contributed by atoms with E-state index in [1.807, 2.05) is 19.9 Å². The van der Waals surface area contributed by atoms with Crippen molar-refractivity contribution in [2.45, 2.75) is 46.5 Å². The number of rotatable bonds is 8. The number of benzene rings is 2. The Bertz CT molecular complexity index is 1270. The van der Waals surface area contributed by atoms with Gasteiger partial charge in [-0.05, 0) is 60.2 Å². The lowest BCUT2D eigenvalue weighted by Gasteiger charge is -2.24. The normalized spacial score (nSPS) is 12.2. The zero-order chi connectivity index (χ0) is 26.5. The van der Waals surface area contributed by atoms with Gasteiger partial charge in [0.2, 0.25) is 0 Å². The van der Waals surface area contributed by atoms with E-state index in [0.29, 0.717) is 39.9 Å². The van der Waals surface area contributed by atoms with E-state index in [2.05, 4.69) is 31.3 Å². The van der Waals surface area contributed by atoms with Crippen molar-refractivity contribution in [3.05, 3.63) is 89.0 Å². The maximum absolute atomic E-state index is 14.7. The molecule has 36 heavy (non-hydrogen) atoms. The monoisotopic (exact) mass is 492 g/mol. The molecule has 1 amide bonds. The maximum atomic E-state index is 14.7. The topological polar surface area (TPSA) is 79.6 Å². The largest absolute Gasteiger partial charge is 0.494 e. The highest BCUT2D eigenvalue weighted by molar-refractivity contribution is 5.98. The Morgan fingerprint density at radius 1 is 1.28 bits per heavy atom. The Morgan fingerprint density at radius 3 is 2.64 bits per heavy atom. The predicted octanol–water partition coefficient (Wildman–Crippen LogP) is 5.90. The average molecular weight is 493 g/mol. The number of nitrogens with one attached hydrogen (secondary N) is 1. The Balaban J connectivity index is 1.91. The van der Waals surface area contributed by atoms with Crippen LogP contribution in [-0.4, -0.2) is 28.0 Å². The van der Waals surface area contributed by atoms with Crippen molar-refractivity contribution in [2.24, 2.45) is 0 Å². The minimum absolute atomic E-state index is 0.170. The molecular weight excluding hydrogens is 459 g/mol. The molecule has 2 N–H and O–H groups in total. The molecule has 1 heterocycles.